The van der Waals surface area contributed by atoms with Gasteiger partial charge < -0.3 is 20.8 Å². The Kier molecular flexibility index (Phi) is 2.26. The predicted octanol–water partition coefficient (Wildman–Crippen LogP) is -1.09. The van der Waals surface area contributed by atoms with Crippen molar-refractivity contribution in [1.29, 1.82) is 0 Å². The highest BCUT2D eigenvalue weighted by molar-refractivity contribution is 8.01. The summed E-state index contributed by atoms with van der Waals surface area (Å²) in [4.78, 5) is 15.9. The van der Waals surface area contributed by atoms with Gasteiger partial charge in [-0.2, -0.15) is 0 Å². The summed E-state index contributed by atoms with van der Waals surface area (Å²) in [5, 5.41) is 10.2. The Balaban J connectivity index is 2.18. The Morgan fingerprint density at radius 3 is 2.93 bits per heavy atom. The number of rotatable bonds is 2. The van der Waals surface area contributed by atoms with Crippen LogP contribution in [0.2, 0.25) is 0 Å². The van der Waals surface area contributed by atoms with Gasteiger partial charge in [0.1, 0.15) is 6.04 Å². The van der Waals surface area contributed by atoms with Crippen molar-refractivity contribution >= 4 is 17.7 Å². The minimum atomic E-state index is -0.413. The van der Waals surface area contributed by atoms with Gasteiger partial charge in [0.2, 0.25) is 5.91 Å². The first-order chi connectivity index (χ1) is 6.49. The largest absolute Gasteiger partial charge is 0.586 e. The van der Waals surface area contributed by atoms with Crippen molar-refractivity contribution in [2.45, 2.75) is 36.1 Å². The highest BCUT2D eigenvalue weighted by Gasteiger charge is 2.57. The summed E-state index contributed by atoms with van der Waals surface area (Å²) in [5.74, 6) is -0.0852. The Morgan fingerprint density at radius 2 is 2.36 bits per heavy atom. The predicted molar refractivity (Wildman–Crippen MR) is 51.0 cm³/mol. The number of hydrogen-bond donors (Lipinski definition) is 1. The smallest absolute Gasteiger partial charge is 0.241 e. The van der Waals surface area contributed by atoms with Gasteiger partial charge in [-0.1, -0.05) is 13.8 Å². The fraction of sp³-hybridized carbons (Fsp3) is 0.750. The van der Waals surface area contributed by atoms with Crippen molar-refractivity contribution in [2.24, 2.45) is 5.73 Å². The third-order valence-corrected chi connectivity index (χ3v) is 4.37. The number of carbonyl (C=O) groups is 1. The van der Waals surface area contributed by atoms with Gasteiger partial charge in [0.15, 0.2) is 0 Å². The van der Waals surface area contributed by atoms with Gasteiger partial charge in [-0.3, -0.25) is 4.79 Å². The molecule has 2 aliphatic heterocycles. The molecule has 0 radical (unpaired) electrons. The number of hydrogen-bond acceptors (Lipinski definition) is 4. The van der Waals surface area contributed by atoms with Gasteiger partial charge in [0, 0.05) is 4.75 Å². The molecule has 1 amide bonds. The molecule has 0 saturated carbocycles. The molecule has 0 bridgehead atoms. The molecular weight excluding hydrogens is 204 g/mol. The molecule has 2 fully saturated rings. The molecule has 2 saturated heterocycles. The summed E-state index contributed by atoms with van der Waals surface area (Å²) >= 11 is 1.63. The molecule has 0 unspecified atom stereocenters. The fourth-order valence-corrected chi connectivity index (χ4v) is 3.51. The molecule has 14 heavy (non-hydrogen) atoms. The average molecular weight is 217 g/mol. The van der Waals surface area contributed by atoms with Gasteiger partial charge in [-0.15, -0.1) is 11.8 Å². The molecule has 2 aliphatic rings. The zero-order valence-corrected chi connectivity index (χ0v) is 8.82. The zero-order chi connectivity index (χ0) is 10.5. The summed E-state index contributed by atoms with van der Waals surface area (Å²) in [5.41, 5.74) is 5.65. The standard InChI is InChI=1S/C8H13N2O3S/c1-8(2)4(3-13-12)10-6(11)5(9)7(10)14-8/h3-5,7,13H,9H2,1-2H3/q-1/t4-,5+,7+/m0/s1. The average Bonchev–Trinajstić information content (AvgIpc) is 2.37. The van der Waals surface area contributed by atoms with E-state index in [0.29, 0.717) is 0 Å². The number of aliphatic hydroxyl groups is 1. The minimum absolute atomic E-state index is 0.0144. The number of β-lactam (4-membered cyclic amide) rings is 1. The van der Waals surface area contributed by atoms with Gasteiger partial charge in [-0.05, 0) is 12.6 Å². The molecule has 0 aromatic heterocycles. The first-order valence-electron chi connectivity index (χ1n) is 4.40. The number of fused-ring (bicyclic) bond motifs is 1. The van der Waals surface area contributed by atoms with E-state index in [1.807, 2.05) is 13.8 Å². The van der Waals surface area contributed by atoms with Crippen molar-refractivity contribution in [3.63, 3.8) is 0 Å². The van der Waals surface area contributed by atoms with E-state index >= 15 is 0 Å². The fourth-order valence-electron chi connectivity index (χ4n) is 1.96. The molecule has 2 rings (SSSR count). The zero-order valence-electron chi connectivity index (χ0n) is 8.01. The van der Waals surface area contributed by atoms with E-state index in [4.69, 9.17) is 5.73 Å². The Labute approximate surface area is 86.5 Å². The van der Waals surface area contributed by atoms with Gasteiger partial charge in [-0.25, -0.2) is 0 Å². The highest BCUT2D eigenvalue weighted by Crippen LogP contribution is 2.50. The van der Waals surface area contributed by atoms with E-state index in [2.05, 4.69) is 4.89 Å². The number of nitrogens with two attached hydrogens (primary N) is 1. The van der Waals surface area contributed by atoms with Crippen LogP contribution >= 0.6 is 11.8 Å². The summed E-state index contributed by atoms with van der Waals surface area (Å²) in [6.07, 6.45) is 0. The van der Waals surface area contributed by atoms with Crippen LogP contribution in [0.25, 0.3) is 0 Å². The minimum Gasteiger partial charge on any atom is -0.586 e. The van der Waals surface area contributed by atoms with E-state index in [0.717, 1.165) is 0 Å². The molecule has 6 heteroatoms. The molecule has 3 N–H and O–H groups in total. The maximum atomic E-state index is 11.4. The number of nitrogens with zero attached hydrogens (tertiary/aromatic N) is 1. The third-order valence-electron chi connectivity index (χ3n) is 2.76. The molecule has 0 aromatic carbocycles. The number of amides is 1. The number of thioether (sulfide) groups is 1. The van der Waals surface area contributed by atoms with Crippen LogP contribution in [0.1, 0.15) is 13.8 Å². The Morgan fingerprint density at radius 1 is 1.71 bits per heavy atom. The van der Waals surface area contributed by atoms with Crippen molar-refractivity contribution < 1.29 is 14.9 Å². The lowest BCUT2D eigenvalue weighted by molar-refractivity contribution is -0.763. The Hall–Kier alpha value is -0.300. The molecule has 3 atom stereocenters. The van der Waals surface area contributed by atoms with Crippen LogP contribution in [0, 0.1) is 6.61 Å². The van der Waals surface area contributed by atoms with Crippen LogP contribution in [0.15, 0.2) is 0 Å². The lowest BCUT2D eigenvalue weighted by atomic mass is 9.97. The molecule has 0 aromatic rings. The van der Waals surface area contributed by atoms with E-state index in [1.165, 1.54) is 6.61 Å². The van der Waals surface area contributed by atoms with Crippen LogP contribution < -0.4 is 11.0 Å². The van der Waals surface area contributed by atoms with Crippen LogP contribution in [0.4, 0.5) is 0 Å². The van der Waals surface area contributed by atoms with Crippen molar-refractivity contribution in [1.82, 2.24) is 4.90 Å². The summed E-state index contributed by atoms with van der Waals surface area (Å²) in [6.45, 7) is 5.27. The van der Waals surface area contributed by atoms with E-state index < -0.39 is 6.04 Å². The van der Waals surface area contributed by atoms with Crippen LogP contribution in [-0.4, -0.2) is 37.9 Å². The van der Waals surface area contributed by atoms with Gasteiger partial charge in [0.25, 0.3) is 0 Å². The van der Waals surface area contributed by atoms with E-state index in [9.17, 15) is 10.1 Å². The molecular formula is C8H13N2O3S-. The second-order valence-corrected chi connectivity index (χ2v) is 5.85. The summed E-state index contributed by atoms with van der Waals surface area (Å²) < 4.78 is -0.178. The topological polar surface area (TPSA) is 82.2 Å². The molecule has 5 nitrogen and oxygen atoms in total. The maximum Gasteiger partial charge on any atom is 0.241 e. The first-order valence-corrected chi connectivity index (χ1v) is 5.28. The normalized spacial score (nSPS) is 39.6. The highest BCUT2D eigenvalue weighted by atomic mass is 32.2. The summed E-state index contributed by atoms with van der Waals surface area (Å²) in [6, 6.07) is -0.633. The van der Waals surface area contributed by atoms with Gasteiger partial charge >= 0.3 is 0 Å². The molecule has 0 spiro atoms. The summed E-state index contributed by atoms with van der Waals surface area (Å²) in [7, 11) is 0. The lowest BCUT2D eigenvalue weighted by Crippen LogP contribution is -2.67. The van der Waals surface area contributed by atoms with Crippen molar-refractivity contribution in [3.05, 3.63) is 6.61 Å². The molecule has 2 heterocycles. The van der Waals surface area contributed by atoms with Crippen LogP contribution in [-0.2, 0) is 4.79 Å². The maximum absolute atomic E-state index is 11.4. The quantitative estimate of drug-likeness (QED) is 0.209. The third kappa shape index (κ3) is 1.18. The number of carbonyl (C=O) groups excluding carboxylic acids is 1. The molecule has 0 aliphatic carbocycles. The molecule has 80 valence electrons. The van der Waals surface area contributed by atoms with E-state index in [1.54, 1.807) is 16.7 Å². The van der Waals surface area contributed by atoms with E-state index in [-0.39, 0.29) is 22.1 Å². The monoisotopic (exact) mass is 217 g/mol. The Bertz CT molecular complexity index is 271. The van der Waals surface area contributed by atoms with Gasteiger partial charge in [0.05, 0.1) is 5.37 Å². The SMILES string of the molecule is CC1(C)S[C@@H]2[C@H](N)C(=O)N2[C@H]1[CH-][OH+][O-]. The van der Waals surface area contributed by atoms with Crippen molar-refractivity contribution in [2.75, 3.05) is 0 Å². The van der Waals surface area contributed by atoms with Crippen LogP contribution in [0.3, 0.4) is 0 Å². The first kappa shape index (κ1) is 10.2. The van der Waals surface area contributed by atoms with Crippen LogP contribution in [0.5, 0.6) is 0 Å². The second-order valence-electron chi connectivity index (χ2n) is 4.08. The second kappa shape index (κ2) is 3.10. The van der Waals surface area contributed by atoms with Crippen molar-refractivity contribution in [3.8, 4) is 0 Å². The lowest BCUT2D eigenvalue weighted by Gasteiger charge is -2.45.